The second kappa shape index (κ2) is 3.94. The molecular weight excluding hydrogens is 212 g/mol. The number of ketones is 1. The van der Waals surface area contributed by atoms with Gasteiger partial charge in [0.25, 0.3) is 0 Å². The lowest BCUT2D eigenvalue weighted by Gasteiger charge is -2.42. The zero-order valence-electron chi connectivity index (χ0n) is 11.5. The molecule has 0 radical (unpaired) electrons. The SMILES string of the molecule is C=C1C(=O)CC[C@]2(C)C1CC[C@H]2OC(C)(C)C. The average molecular weight is 236 g/mol. The molecule has 2 saturated carbocycles. The number of rotatable bonds is 1. The molecular formula is C15H24O2. The number of hydrogen-bond donors (Lipinski definition) is 0. The van der Waals surface area contributed by atoms with Gasteiger partial charge < -0.3 is 4.74 Å². The molecule has 0 amide bonds. The molecule has 0 aromatic rings. The van der Waals surface area contributed by atoms with Crippen molar-refractivity contribution in [2.75, 3.05) is 0 Å². The number of ether oxygens (including phenoxy) is 1. The van der Waals surface area contributed by atoms with Crippen LogP contribution in [0, 0.1) is 11.3 Å². The fourth-order valence-corrected chi connectivity index (χ4v) is 3.47. The Morgan fingerprint density at radius 1 is 1.35 bits per heavy atom. The van der Waals surface area contributed by atoms with Gasteiger partial charge in [0.2, 0.25) is 0 Å². The van der Waals surface area contributed by atoms with Crippen molar-refractivity contribution in [1.82, 2.24) is 0 Å². The number of hydrogen-bond acceptors (Lipinski definition) is 2. The predicted octanol–water partition coefficient (Wildman–Crippen LogP) is 3.51. The van der Waals surface area contributed by atoms with Crippen LogP contribution in [0.15, 0.2) is 12.2 Å². The maximum absolute atomic E-state index is 11.7. The number of allylic oxidation sites excluding steroid dienone is 1. The molecule has 96 valence electrons. The van der Waals surface area contributed by atoms with Crippen molar-refractivity contribution in [2.45, 2.75) is 65.1 Å². The third-order valence-electron chi connectivity index (χ3n) is 4.41. The van der Waals surface area contributed by atoms with Gasteiger partial charge in [-0.05, 0) is 51.5 Å². The van der Waals surface area contributed by atoms with Crippen LogP contribution in [-0.2, 0) is 9.53 Å². The summed E-state index contributed by atoms with van der Waals surface area (Å²) >= 11 is 0. The zero-order chi connectivity index (χ0) is 12.8. The van der Waals surface area contributed by atoms with Crippen LogP contribution in [-0.4, -0.2) is 17.5 Å². The highest BCUT2D eigenvalue weighted by molar-refractivity contribution is 5.96. The maximum Gasteiger partial charge on any atom is 0.158 e. The van der Waals surface area contributed by atoms with E-state index in [0.717, 1.165) is 24.8 Å². The summed E-state index contributed by atoms with van der Waals surface area (Å²) in [7, 11) is 0. The first-order valence-electron chi connectivity index (χ1n) is 6.64. The molecule has 0 aromatic heterocycles. The molecule has 1 unspecified atom stereocenters. The molecule has 2 nitrogen and oxygen atoms in total. The molecule has 17 heavy (non-hydrogen) atoms. The van der Waals surface area contributed by atoms with Crippen LogP contribution in [0.25, 0.3) is 0 Å². The molecule has 0 heterocycles. The summed E-state index contributed by atoms with van der Waals surface area (Å²) < 4.78 is 6.20. The van der Waals surface area contributed by atoms with Crippen LogP contribution in [0.4, 0.5) is 0 Å². The topological polar surface area (TPSA) is 26.3 Å². The molecule has 0 aliphatic heterocycles. The molecule has 2 aliphatic rings. The summed E-state index contributed by atoms with van der Waals surface area (Å²) in [4.78, 5) is 11.7. The summed E-state index contributed by atoms with van der Waals surface area (Å²) in [6, 6.07) is 0. The number of carbonyl (C=O) groups excluding carboxylic acids is 1. The second-order valence-corrected chi connectivity index (χ2v) is 6.80. The van der Waals surface area contributed by atoms with E-state index in [1.54, 1.807) is 0 Å². The maximum atomic E-state index is 11.7. The summed E-state index contributed by atoms with van der Waals surface area (Å²) in [5.41, 5.74) is 0.864. The molecule has 2 heteroatoms. The van der Waals surface area contributed by atoms with Crippen LogP contribution < -0.4 is 0 Å². The van der Waals surface area contributed by atoms with Gasteiger partial charge in [0, 0.05) is 11.8 Å². The van der Waals surface area contributed by atoms with Crippen molar-refractivity contribution in [3.05, 3.63) is 12.2 Å². The number of fused-ring (bicyclic) bond motifs is 1. The van der Waals surface area contributed by atoms with Gasteiger partial charge in [0.15, 0.2) is 5.78 Å². The normalized spacial score (nSPS) is 38.4. The first kappa shape index (κ1) is 12.8. The molecule has 3 atom stereocenters. The predicted molar refractivity (Wildman–Crippen MR) is 68.8 cm³/mol. The van der Waals surface area contributed by atoms with Gasteiger partial charge in [-0.2, -0.15) is 0 Å². The standard InChI is InChI=1S/C15H24O2/c1-10-11-6-7-13(17-14(2,3)4)15(11,5)9-8-12(10)16/h11,13H,1,6-9H2,2-5H3/t11?,13-,15-/m1/s1. The Morgan fingerprint density at radius 3 is 2.59 bits per heavy atom. The van der Waals surface area contributed by atoms with Crippen molar-refractivity contribution >= 4 is 5.78 Å². The Morgan fingerprint density at radius 2 is 2.00 bits per heavy atom. The van der Waals surface area contributed by atoms with E-state index < -0.39 is 0 Å². The van der Waals surface area contributed by atoms with Crippen molar-refractivity contribution in [2.24, 2.45) is 11.3 Å². The summed E-state index contributed by atoms with van der Waals surface area (Å²) in [6.07, 6.45) is 4.00. The van der Waals surface area contributed by atoms with Crippen molar-refractivity contribution in [3.8, 4) is 0 Å². The Balaban J connectivity index is 2.20. The van der Waals surface area contributed by atoms with Crippen molar-refractivity contribution in [1.29, 1.82) is 0 Å². The van der Waals surface area contributed by atoms with Gasteiger partial charge in [-0.25, -0.2) is 0 Å². The fourth-order valence-electron chi connectivity index (χ4n) is 3.47. The monoisotopic (exact) mass is 236 g/mol. The lowest BCUT2D eigenvalue weighted by Crippen LogP contribution is -2.43. The minimum absolute atomic E-state index is 0.106. The van der Waals surface area contributed by atoms with E-state index in [-0.39, 0.29) is 22.9 Å². The Bertz CT molecular complexity index is 350. The number of carbonyl (C=O) groups is 1. The van der Waals surface area contributed by atoms with Gasteiger partial charge in [-0.15, -0.1) is 0 Å². The first-order valence-corrected chi connectivity index (χ1v) is 6.64. The zero-order valence-corrected chi connectivity index (χ0v) is 11.5. The second-order valence-electron chi connectivity index (χ2n) is 6.80. The Labute approximate surface area is 104 Å². The molecule has 2 fully saturated rings. The van der Waals surface area contributed by atoms with Crippen LogP contribution in [0.1, 0.15) is 53.4 Å². The molecule has 0 bridgehead atoms. The van der Waals surface area contributed by atoms with Crippen LogP contribution in [0.3, 0.4) is 0 Å². The highest BCUT2D eigenvalue weighted by Gasteiger charge is 2.52. The van der Waals surface area contributed by atoms with Crippen LogP contribution in [0.5, 0.6) is 0 Å². The summed E-state index contributed by atoms with van der Waals surface area (Å²) in [6.45, 7) is 12.6. The third-order valence-corrected chi connectivity index (χ3v) is 4.41. The highest BCUT2D eigenvalue weighted by atomic mass is 16.5. The summed E-state index contributed by atoms with van der Waals surface area (Å²) in [5, 5.41) is 0. The average Bonchev–Trinajstić information content (AvgIpc) is 2.50. The molecule has 2 rings (SSSR count). The van der Waals surface area contributed by atoms with Gasteiger partial charge in [-0.1, -0.05) is 13.5 Å². The first-order chi connectivity index (χ1) is 7.74. The van der Waals surface area contributed by atoms with E-state index in [1.165, 1.54) is 0 Å². The largest absolute Gasteiger partial charge is 0.372 e. The van der Waals surface area contributed by atoms with Gasteiger partial charge in [-0.3, -0.25) is 4.79 Å². The highest BCUT2D eigenvalue weighted by Crippen LogP contribution is 2.54. The smallest absolute Gasteiger partial charge is 0.158 e. The molecule has 2 aliphatic carbocycles. The van der Waals surface area contributed by atoms with E-state index >= 15 is 0 Å². The van der Waals surface area contributed by atoms with E-state index in [1.807, 2.05) is 0 Å². The van der Waals surface area contributed by atoms with E-state index in [9.17, 15) is 4.79 Å². The molecule has 0 saturated heterocycles. The quantitative estimate of drug-likeness (QED) is 0.651. The summed E-state index contributed by atoms with van der Waals surface area (Å²) in [5.74, 6) is 0.611. The number of Topliss-reactive ketones (excluding diaryl/α,β-unsaturated/α-hetero) is 1. The van der Waals surface area contributed by atoms with Crippen molar-refractivity contribution in [3.63, 3.8) is 0 Å². The molecule has 0 spiro atoms. The van der Waals surface area contributed by atoms with Gasteiger partial charge in [0.1, 0.15) is 0 Å². The van der Waals surface area contributed by atoms with Crippen LogP contribution in [0.2, 0.25) is 0 Å². The van der Waals surface area contributed by atoms with Gasteiger partial charge in [0.05, 0.1) is 11.7 Å². The lowest BCUT2D eigenvalue weighted by atomic mass is 9.66. The molecule has 0 aromatic carbocycles. The Kier molecular flexibility index (Phi) is 2.97. The minimum Gasteiger partial charge on any atom is -0.372 e. The fraction of sp³-hybridized carbons (Fsp3) is 0.800. The lowest BCUT2D eigenvalue weighted by molar-refractivity contribution is -0.128. The van der Waals surface area contributed by atoms with Gasteiger partial charge >= 0.3 is 0 Å². The van der Waals surface area contributed by atoms with E-state index in [0.29, 0.717) is 12.3 Å². The van der Waals surface area contributed by atoms with E-state index in [2.05, 4.69) is 34.3 Å². The van der Waals surface area contributed by atoms with E-state index in [4.69, 9.17) is 4.74 Å². The van der Waals surface area contributed by atoms with Crippen molar-refractivity contribution < 1.29 is 9.53 Å². The molecule has 0 N–H and O–H groups in total. The Hall–Kier alpha value is -0.630. The van der Waals surface area contributed by atoms with Crippen LogP contribution >= 0.6 is 0 Å². The third kappa shape index (κ3) is 2.20. The minimum atomic E-state index is -0.106.